The van der Waals surface area contributed by atoms with E-state index in [2.05, 4.69) is 116 Å². The lowest BCUT2D eigenvalue weighted by Crippen LogP contribution is -2.37. The van der Waals surface area contributed by atoms with Gasteiger partial charge in [-0.05, 0) is 70.8 Å². The molecule has 0 unspecified atom stereocenters. The summed E-state index contributed by atoms with van der Waals surface area (Å²) in [5.41, 5.74) is 7.95. The van der Waals surface area contributed by atoms with E-state index in [1.807, 2.05) is 6.07 Å². The van der Waals surface area contributed by atoms with Crippen molar-refractivity contribution in [1.82, 2.24) is 9.97 Å². The number of aromatic nitrogens is 2. The Labute approximate surface area is 222 Å². The van der Waals surface area contributed by atoms with Gasteiger partial charge in [-0.1, -0.05) is 79.4 Å². The van der Waals surface area contributed by atoms with Crippen molar-refractivity contribution in [3.05, 3.63) is 103 Å². The molecule has 0 aliphatic carbocycles. The molecular formula is C34H28N2OSi. The Balaban J connectivity index is 1.55. The predicted octanol–water partition coefficient (Wildman–Crippen LogP) is 8.87. The first kappa shape index (κ1) is 22.9. The Hall–Kier alpha value is -4.28. The summed E-state index contributed by atoms with van der Waals surface area (Å²) in [6, 6.07) is 32.7. The second kappa shape index (κ2) is 8.37. The molecular weight excluding hydrogens is 480 g/mol. The lowest BCUT2D eigenvalue weighted by molar-refractivity contribution is 0.655. The molecule has 3 nitrogen and oxygen atoms in total. The van der Waals surface area contributed by atoms with Crippen molar-refractivity contribution in [3.63, 3.8) is 0 Å². The Morgan fingerprint density at radius 3 is 2.39 bits per heavy atom. The number of benzene rings is 4. The second-order valence-electron chi connectivity index (χ2n) is 11.2. The lowest BCUT2D eigenvalue weighted by Gasteiger charge is -2.19. The summed E-state index contributed by atoms with van der Waals surface area (Å²) >= 11 is 0. The molecule has 0 saturated carbocycles. The SMILES string of the molecule is Cc1ccc(-c2cc(-c3ccc4ccccc4c3)c3cc([Si](C)(C)C)ccc3n2)c2oc3ncccc3c12. The van der Waals surface area contributed by atoms with E-state index in [1.54, 1.807) is 6.20 Å². The number of hydrogen-bond donors (Lipinski definition) is 0. The molecule has 4 aromatic carbocycles. The molecule has 0 N–H and O–H groups in total. The van der Waals surface area contributed by atoms with E-state index in [4.69, 9.17) is 9.40 Å². The number of pyridine rings is 2. The van der Waals surface area contributed by atoms with Gasteiger partial charge in [-0.25, -0.2) is 9.97 Å². The Morgan fingerprint density at radius 2 is 1.55 bits per heavy atom. The summed E-state index contributed by atoms with van der Waals surface area (Å²) < 4.78 is 6.35. The van der Waals surface area contributed by atoms with Crippen molar-refractivity contribution in [2.45, 2.75) is 26.6 Å². The van der Waals surface area contributed by atoms with Gasteiger partial charge in [0.2, 0.25) is 5.71 Å². The number of furan rings is 1. The average Bonchev–Trinajstić information content (AvgIpc) is 3.32. The van der Waals surface area contributed by atoms with Gasteiger partial charge in [-0.15, -0.1) is 0 Å². The zero-order valence-electron chi connectivity index (χ0n) is 22.0. The largest absolute Gasteiger partial charge is 0.437 e. The van der Waals surface area contributed by atoms with Crippen LogP contribution < -0.4 is 5.19 Å². The third-order valence-corrected chi connectivity index (χ3v) is 9.66. The van der Waals surface area contributed by atoms with Gasteiger partial charge in [-0.3, -0.25) is 0 Å². The third kappa shape index (κ3) is 3.64. The molecule has 0 radical (unpaired) electrons. The summed E-state index contributed by atoms with van der Waals surface area (Å²) in [5, 5.41) is 7.25. The first-order valence-corrected chi connectivity index (χ1v) is 16.6. The molecule has 0 spiro atoms. The summed E-state index contributed by atoms with van der Waals surface area (Å²) in [6.07, 6.45) is 1.78. The lowest BCUT2D eigenvalue weighted by atomic mass is 9.95. The summed E-state index contributed by atoms with van der Waals surface area (Å²) in [4.78, 5) is 9.69. The maximum Gasteiger partial charge on any atom is 0.227 e. The Kier molecular flexibility index (Phi) is 5.04. The maximum atomic E-state index is 6.35. The van der Waals surface area contributed by atoms with Crippen molar-refractivity contribution in [3.8, 4) is 22.4 Å². The second-order valence-corrected chi connectivity index (χ2v) is 16.3. The van der Waals surface area contributed by atoms with Gasteiger partial charge in [0.1, 0.15) is 5.58 Å². The highest BCUT2D eigenvalue weighted by Gasteiger charge is 2.20. The molecule has 0 bridgehead atoms. The van der Waals surface area contributed by atoms with Gasteiger partial charge in [-0.2, -0.15) is 0 Å². The van der Waals surface area contributed by atoms with Gasteiger partial charge in [0, 0.05) is 27.9 Å². The molecule has 38 heavy (non-hydrogen) atoms. The van der Waals surface area contributed by atoms with Crippen LogP contribution in [-0.2, 0) is 0 Å². The first-order chi connectivity index (χ1) is 18.4. The smallest absolute Gasteiger partial charge is 0.227 e. The van der Waals surface area contributed by atoms with Crippen molar-refractivity contribution < 1.29 is 4.42 Å². The topological polar surface area (TPSA) is 38.9 Å². The highest BCUT2D eigenvalue weighted by atomic mass is 28.3. The van der Waals surface area contributed by atoms with Crippen LogP contribution in [-0.4, -0.2) is 18.0 Å². The van der Waals surface area contributed by atoms with Crippen LogP contribution in [0, 0.1) is 6.92 Å². The molecule has 7 rings (SSSR count). The van der Waals surface area contributed by atoms with Crippen LogP contribution in [0.5, 0.6) is 0 Å². The molecule has 0 aliphatic rings. The summed E-state index contributed by atoms with van der Waals surface area (Å²) in [6.45, 7) is 9.30. The minimum atomic E-state index is -1.51. The molecule has 184 valence electrons. The van der Waals surface area contributed by atoms with Crippen LogP contribution in [0.2, 0.25) is 19.6 Å². The third-order valence-electron chi connectivity index (χ3n) is 7.62. The van der Waals surface area contributed by atoms with Gasteiger partial charge in [0.15, 0.2) is 0 Å². The fourth-order valence-electron chi connectivity index (χ4n) is 5.51. The first-order valence-electron chi connectivity index (χ1n) is 13.1. The molecule has 3 aromatic heterocycles. The molecule has 3 heterocycles. The van der Waals surface area contributed by atoms with Crippen LogP contribution in [0.1, 0.15) is 5.56 Å². The number of fused-ring (bicyclic) bond motifs is 5. The van der Waals surface area contributed by atoms with Gasteiger partial charge in [0.05, 0.1) is 19.3 Å². The quantitative estimate of drug-likeness (QED) is 0.224. The van der Waals surface area contributed by atoms with E-state index in [9.17, 15) is 0 Å². The van der Waals surface area contributed by atoms with E-state index in [1.165, 1.54) is 38.0 Å². The molecule has 0 fully saturated rings. The number of hydrogen-bond acceptors (Lipinski definition) is 3. The van der Waals surface area contributed by atoms with E-state index in [-0.39, 0.29) is 0 Å². The summed E-state index contributed by atoms with van der Waals surface area (Å²) in [7, 11) is -1.51. The number of nitrogens with zero attached hydrogens (tertiary/aromatic N) is 2. The zero-order valence-corrected chi connectivity index (χ0v) is 23.0. The monoisotopic (exact) mass is 508 g/mol. The van der Waals surface area contributed by atoms with Crippen molar-refractivity contribution >= 4 is 57.0 Å². The minimum absolute atomic E-state index is 0.661. The van der Waals surface area contributed by atoms with Crippen LogP contribution in [0.25, 0.3) is 66.1 Å². The van der Waals surface area contributed by atoms with Gasteiger partial charge < -0.3 is 4.42 Å². The fourth-order valence-corrected chi connectivity index (χ4v) is 6.67. The Morgan fingerprint density at radius 1 is 0.711 bits per heavy atom. The highest BCUT2D eigenvalue weighted by molar-refractivity contribution is 6.88. The zero-order chi connectivity index (χ0) is 26.0. The molecule has 0 amide bonds. The van der Waals surface area contributed by atoms with Crippen molar-refractivity contribution in [1.29, 1.82) is 0 Å². The molecule has 0 saturated heterocycles. The van der Waals surface area contributed by atoms with Crippen LogP contribution in [0.4, 0.5) is 0 Å². The molecule has 0 aliphatic heterocycles. The summed E-state index contributed by atoms with van der Waals surface area (Å²) in [5.74, 6) is 0. The molecule has 4 heteroatoms. The average molecular weight is 509 g/mol. The van der Waals surface area contributed by atoms with E-state index < -0.39 is 8.07 Å². The van der Waals surface area contributed by atoms with Crippen LogP contribution in [0.15, 0.2) is 102 Å². The maximum absolute atomic E-state index is 6.35. The van der Waals surface area contributed by atoms with Gasteiger partial charge in [0.25, 0.3) is 0 Å². The molecule has 7 aromatic rings. The minimum Gasteiger partial charge on any atom is -0.437 e. The van der Waals surface area contributed by atoms with E-state index in [0.29, 0.717) is 5.71 Å². The van der Waals surface area contributed by atoms with Gasteiger partial charge >= 0.3 is 0 Å². The van der Waals surface area contributed by atoms with Crippen molar-refractivity contribution in [2.75, 3.05) is 0 Å². The number of rotatable bonds is 3. The predicted molar refractivity (Wildman–Crippen MR) is 163 cm³/mol. The normalized spacial score (nSPS) is 12.2. The fraction of sp³-hybridized carbons (Fsp3) is 0.118. The van der Waals surface area contributed by atoms with Crippen molar-refractivity contribution in [2.24, 2.45) is 0 Å². The van der Waals surface area contributed by atoms with E-state index in [0.717, 1.165) is 33.1 Å². The van der Waals surface area contributed by atoms with Crippen LogP contribution >= 0.6 is 0 Å². The van der Waals surface area contributed by atoms with E-state index >= 15 is 0 Å². The number of aryl methyl sites for hydroxylation is 1. The standard InChI is InChI=1S/C34H28N2OSi/c1-21-11-15-26(33-32(21)27-10-7-17-35-34(27)37-33)31-20-28(24-13-12-22-8-5-6-9-23(22)18-24)29-19-25(38(2,3)4)14-16-30(29)36-31/h5-20H,1-4H3. The Bertz CT molecular complexity index is 2030. The molecule has 0 atom stereocenters. The van der Waals surface area contributed by atoms with Crippen LogP contribution in [0.3, 0.4) is 0 Å². The highest BCUT2D eigenvalue weighted by Crippen LogP contribution is 2.39.